The number of benzene rings is 4. The van der Waals surface area contributed by atoms with Crippen LogP contribution in [0.5, 0.6) is 5.75 Å². The lowest BCUT2D eigenvalue weighted by atomic mass is 9.84. The number of hydrogen-bond acceptors (Lipinski definition) is 4. The van der Waals surface area contributed by atoms with E-state index >= 15 is 0 Å². The maximum atomic E-state index is 13.7. The van der Waals surface area contributed by atoms with Gasteiger partial charge in [0.2, 0.25) is 0 Å². The van der Waals surface area contributed by atoms with Crippen LogP contribution in [-0.2, 0) is 23.4 Å². The van der Waals surface area contributed by atoms with Crippen molar-refractivity contribution in [3.63, 3.8) is 0 Å². The van der Waals surface area contributed by atoms with E-state index in [1.165, 1.54) is 12.1 Å². The van der Waals surface area contributed by atoms with E-state index in [-0.39, 0.29) is 11.7 Å². The van der Waals surface area contributed by atoms with Crippen LogP contribution in [0, 0.1) is 11.7 Å². The van der Waals surface area contributed by atoms with Crippen molar-refractivity contribution in [3.8, 4) is 16.9 Å². The number of fused-ring (bicyclic) bond motifs is 9. The molecule has 4 aromatic carbocycles. The molecular formula is C35H26FN3O3. The molecule has 1 aliphatic carbocycles. The van der Waals surface area contributed by atoms with Crippen LogP contribution in [-0.4, -0.2) is 25.6 Å². The Morgan fingerprint density at radius 1 is 0.976 bits per heavy atom. The molecular weight excluding hydrogens is 529 g/mol. The van der Waals surface area contributed by atoms with Gasteiger partial charge in [0, 0.05) is 29.3 Å². The van der Waals surface area contributed by atoms with Crippen LogP contribution in [0.2, 0.25) is 0 Å². The molecule has 42 heavy (non-hydrogen) atoms. The number of aliphatic carboxylic acids is 1. The van der Waals surface area contributed by atoms with Gasteiger partial charge in [0.1, 0.15) is 24.0 Å². The van der Waals surface area contributed by atoms with Crippen molar-refractivity contribution in [2.24, 2.45) is 5.92 Å². The van der Waals surface area contributed by atoms with Gasteiger partial charge in [-0.2, -0.15) is 0 Å². The smallest absolute Gasteiger partial charge is 0.308 e. The second-order valence-corrected chi connectivity index (χ2v) is 11.5. The molecule has 0 saturated heterocycles. The number of rotatable bonds is 5. The minimum absolute atomic E-state index is 0.302. The van der Waals surface area contributed by atoms with Crippen LogP contribution >= 0.6 is 0 Å². The molecule has 3 unspecified atom stereocenters. The molecule has 1 aliphatic heterocycles. The third-order valence-corrected chi connectivity index (χ3v) is 9.01. The average molecular weight is 556 g/mol. The van der Waals surface area contributed by atoms with E-state index in [4.69, 9.17) is 14.7 Å². The van der Waals surface area contributed by atoms with Gasteiger partial charge in [0.05, 0.1) is 28.2 Å². The SMILES string of the molecule is CC12c3cc(ccc3-c3ccc(F)cc3)Cn3c(nc4cc(OCc5ccc6ccccc6n5)ccc43)C1C2C(=O)O. The van der Waals surface area contributed by atoms with E-state index in [1.54, 1.807) is 12.1 Å². The Hall–Kier alpha value is -5.04. The summed E-state index contributed by atoms with van der Waals surface area (Å²) in [6, 6.07) is 30.4. The normalized spacial score (nSPS) is 20.4. The fraction of sp³-hybridized carbons (Fsp3) is 0.171. The van der Waals surface area contributed by atoms with Crippen molar-refractivity contribution in [2.75, 3.05) is 0 Å². The molecule has 7 heteroatoms. The number of ether oxygens (including phenoxy) is 1. The number of carboxylic acids is 1. The monoisotopic (exact) mass is 555 g/mol. The Morgan fingerprint density at radius 3 is 2.64 bits per heavy atom. The highest BCUT2D eigenvalue weighted by atomic mass is 19.1. The van der Waals surface area contributed by atoms with E-state index in [0.717, 1.165) is 55.7 Å². The number of carbonyl (C=O) groups is 1. The van der Waals surface area contributed by atoms with E-state index in [1.807, 2.05) is 67.6 Å². The zero-order valence-corrected chi connectivity index (χ0v) is 22.8. The molecule has 3 atom stereocenters. The molecule has 0 amide bonds. The number of pyridine rings is 1. The van der Waals surface area contributed by atoms with Crippen molar-refractivity contribution in [1.82, 2.24) is 14.5 Å². The molecule has 6 aromatic rings. The minimum atomic E-state index is -0.842. The maximum absolute atomic E-state index is 13.7. The van der Waals surface area contributed by atoms with Gasteiger partial charge in [-0.25, -0.2) is 14.4 Å². The lowest BCUT2D eigenvalue weighted by Gasteiger charge is -2.22. The van der Waals surface area contributed by atoms with Crippen LogP contribution in [0.4, 0.5) is 4.39 Å². The number of aromatic nitrogens is 3. The number of imidazole rings is 1. The minimum Gasteiger partial charge on any atom is -0.487 e. The summed E-state index contributed by atoms with van der Waals surface area (Å²) in [6.07, 6.45) is 0. The molecule has 1 fully saturated rings. The van der Waals surface area contributed by atoms with Crippen molar-refractivity contribution >= 4 is 27.9 Å². The molecule has 0 radical (unpaired) electrons. The molecule has 1 saturated carbocycles. The summed E-state index contributed by atoms with van der Waals surface area (Å²) in [5.74, 6) is -0.632. The Labute approximate surface area is 241 Å². The maximum Gasteiger partial charge on any atom is 0.308 e. The first-order valence-corrected chi connectivity index (χ1v) is 14.0. The van der Waals surface area contributed by atoms with Gasteiger partial charge in [-0.3, -0.25) is 4.79 Å². The Balaban J connectivity index is 1.17. The van der Waals surface area contributed by atoms with Gasteiger partial charge in [-0.05, 0) is 58.7 Å². The van der Waals surface area contributed by atoms with Gasteiger partial charge in [-0.1, -0.05) is 61.5 Å². The second kappa shape index (κ2) is 8.98. The molecule has 8 rings (SSSR count). The summed E-state index contributed by atoms with van der Waals surface area (Å²) in [4.78, 5) is 22.3. The Morgan fingerprint density at radius 2 is 1.81 bits per heavy atom. The molecule has 2 aliphatic rings. The van der Waals surface area contributed by atoms with Gasteiger partial charge in [0.25, 0.3) is 0 Å². The fourth-order valence-corrected chi connectivity index (χ4v) is 6.83. The third kappa shape index (κ3) is 3.73. The highest BCUT2D eigenvalue weighted by molar-refractivity contribution is 5.85. The van der Waals surface area contributed by atoms with Crippen LogP contribution < -0.4 is 4.74 Å². The van der Waals surface area contributed by atoms with Crippen LogP contribution in [0.25, 0.3) is 33.1 Å². The zero-order valence-electron chi connectivity index (χ0n) is 22.8. The fourth-order valence-electron chi connectivity index (χ4n) is 6.83. The molecule has 0 spiro atoms. The number of halogens is 1. The molecule has 2 aromatic heterocycles. The largest absolute Gasteiger partial charge is 0.487 e. The van der Waals surface area contributed by atoms with Crippen molar-refractivity contribution < 1.29 is 19.0 Å². The summed E-state index contributed by atoms with van der Waals surface area (Å²) < 4.78 is 22.0. The summed E-state index contributed by atoms with van der Waals surface area (Å²) in [6.45, 7) is 2.91. The van der Waals surface area contributed by atoms with E-state index in [0.29, 0.717) is 18.9 Å². The standard InChI is InChI=1S/C35H26FN3O3/c1-35-27-16-20(6-14-26(27)21-7-10-23(36)11-8-21)18-39-30-15-13-25(17-29(30)38-33(39)31(35)32(35)34(40)41)42-19-24-12-9-22-4-2-3-5-28(22)37-24/h2-17,31-32H,18-19H2,1H3,(H,40,41). The summed E-state index contributed by atoms with van der Waals surface area (Å²) in [7, 11) is 0. The first-order valence-electron chi connectivity index (χ1n) is 14.0. The van der Waals surface area contributed by atoms with Crippen LogP contribution in [0.1, 0.15) is 35.5 Å². The quantitative estimate of drug-likeness (QED) is 0.246. The molecule has 3 heterocycles. The van der Waals surface area contributed by atoms with Gasteiger partial charge in [-0.15, -0.1) is 0 Å². The number of para-hydroxylation sites is 1. The predicted octanol–water partition coefficient (Wildman–Crippen LogP) is 7.09. The van der Waals surface area contributed by atoms with Crippen molar-refractivity contribution in [1.29, 1.82) is 0 Å². The molecule has 1 N–H and O–H groups in total. The topological polar surface area (TPSA) is 77.2 Å². The second-order valence-electron chi connectivity index (χ2n) is 11.5. The first-order chi connectivity index (χ1) is 20.4. The average Bonchev–Trinajstić information content (AvgIpc) is 3.49. The number of nitrogens with zero attached hydrogens (tertiary/aromatic N) is 3. The van der Waals surface area contributed by atoms with Crippen LogP contribution in [0.3, 0.4) is 0 Å². The molecule has 2 bridgehead atoms. The van der Waals surface area contributed by atoms with Crippen LogP contribution in [0.15, 0.2) is 97.1 Å². The lowest BCUT2D eigenvalue weighted by molar-refractivity contribution is -0.139. The van der Waals surface area contributed by atoms with E-state index in [2.05, 4.69) is 16.7 Å². The van der Waals surface area contributed by atoms with Crippen molar-refractivity contribution in [3.05, 3.63) is 126 Å². The van der Waals surface area contributed by atoms with Crippen molar-refractivity contribution in [2.45, 2.75) is 31.4 Å². The number of carboxylic acid groups (broad SMARTS) is 1. The lowest BCUT2D eigenvalue weighted by Crippen LogP contribution is -2.16. The highest BCUT2D eigenvalue weighted by Gasteiger charge is 2.69. The summed E-state index contributed by atoms with van der Waals surface area (Å²) in [5, 5.41) is 11.4. The van der Waals surface area contributed by atoms with Gasteiger partial charge in [0.15, 0.2) is 0 Å². The first kappa shape index (κ1) is 24.7. The summed E-state index contributed by atoms with van der Waals surface area (Å²) in [5.41, 5.74) is 6.63. The van der Waals surface area contributed by atoms with Gasteiger partial charge >= 0.3 is 5.97 Å². The van der Waals surface area contributed by atoms with E-state index in [9.17, 15) is 14.3 Å². The Bertz CT molecular complexity index is 2050. The predicted molar refractivity (Wildman–Crippen MR) is 158 cm³/mol. The third-order valence-electron chi connectivity index (χ3n) is 9.01. The van der Waals surface area contributed by atoms with Gasteiger partial charge < -0.3 is 14.4 Å². The Kier molecular flexibility index (Phi) is 5.29. The molecule has 6 nitrogen and oxygen atoms in total. The summed E-state index contributed by atoms with van der Waals surface area (Å²) >= 11 is 0. The highest BCUT2D eigenvalue weighted by Crippen LogP contribution is 2.67. The molecule has 206 valence electrons. The van der Waals surface area contributed by atoms with E-state index < -0.39 is 17.3 Å². The number of hydrogen-bond donors (Lipinski definition) is 1. The zero-order chi connectivity index (χ0) is 28.6.